The van der Waals surface area contributed by atoms with Gasteiger partial charge in [0.15, 0.2) is 0 Å². The van der Waals surface area contributed by atoms with E-state index in [9.17, 15) is 4.39 Å². The Morgan fingerprint density at radius 1 is 1.44 bits per heavy atom. The van der Waals surface area contributed by atoms with Crippen molar-refractivity contribution in [2.75, 3.05) is 6.54 Å². The first-order valence-corrected chi connectivity index (χ1v) is 5.67. The van der Waals surface area contributed by atoms with E-state index in [0.717, 1.165) is 5.56 Å². The van der Waals surface area contributed by atoms with Crippen molar-refractivity contribution in [2.24, 2.45) is 5.73 Å². The summed E-state index contributed by atoms with van der Waals surface area (Å²) in [5, 5.41) is 0.434. The highest BCUT2D eigenvalue weighted by Crippen LogP contribution is 2.31. The van der Waals surface area contributed by atoms with Gasteiger partial charge in [0.25, 0.3) is 5.22 Å². The van der Waals surface area contributed by atoms with Crippen molar-refractivity contribution in [1.29, 1.82) is 0 Å². The number of nitrogens with zero attached hydrogens (tertiary/aromatic N) is 1. The zero-order valence-corrected chi connectivity index (χ0v) is 9.34. The Labute approximate surface area is 96.9 Å². The molecule has 3 nitrogen and oxygen atoms in total. The molecule has 1 aromatic carbocycles. The molecule has 0 saturated carbocycles. The lowest BCUT2D eigenvalue weighted by molar-refractivity contribution is 0.453. The van der Waals surface area contributed by atoms with Gasteiger partial charge in [0, 0.05) is 0 Å². The van der Waals surface area contributed by atoms with E-state index in [4.69, 9.17) is 10.2 Å². The SMILES string of the molecule is NCCc1cccc(F)c1Sc1ncco1. The maximum Gasteiger partial charge on any atom is 0.260 e. The van der Waals surface area contributed by atoms with E-state index in [1.54, 1.807) is 6.07 Å². The lowest BCUT2D eigenvalue weighted by Gasteiger charge is -2.06. The quantitative estimate of drug-likeness (QED) is 0.889. The van der Waals surface area contributed by atoms with Gasteiger partial charge in [-0.1, -0.05) is 12.1 Å². The standard InChI is InChI=1S/C11H11FN2OS/c12-9-3-1-2-8(4-5-13)10(9)16-11-14-6-7-15-11/h1-3,6-7H,4-5,13H2. The summed E-state index contributed by atoms with van der Waals surface area (Å²) in [5.74, 6) is -0.269. The molecular weight excluding hydrogens is 227 g/mol. The molecule has 0 atom stereocenters. The molecule has 16 heavy (non-hydrogen) atoms. The van der Waals surface area contributed by atoms with Crippen LogP contribution in [0.2, 0.25) is 0 Å². The maximum atomic E-state index is 13.6. The van der Waals surface area contributed by atoms with Gasteiger partial charge in [-0.3, -0.25) is 0 Å². The highest BCUT2D eigenvalue weighted by Gasteiger charge is 2.11. The summed E-state index contributed by atoms with van der Waals surface area (Å²) in [7, 11) is 0. The molecule has 2 rings (SSSR count). The molecule has 0 aliphatic heterocycles. The van der Waals surface area contributed by atoms with Crippen LogP contribution < -0.4 is 5.73 Å². The fourth-order valence-electron chi connectivity index (χ4n) is 1.37. The minimum absolute atomic E-state index is 0.269. The average molecular weight is 238 g/mol. The minimum atomic E-state index is -0.269. The zero-order chi connectivity index (χ0) is 11.4. The smallest absolute Gasteiger partial charge is 0.260 e. The van der Waals surface area contributed by atoms with Crippen LogP contribution in [-0.2, 0) is 6.42 Å². The Bertz CT molecular complexity index is 459. The van der Waals surface area contributed by atoms with Gasteiger partial charge in [0.1, 0.15) is 12.1 Å². The number of rotatable bonds is 4. The van der Waals surface area contributed by atoms with E-state index >= 15 is 0 Å². The second kappa shape index (κ2) is 5.14. The number of oxazole rings is 1. The zero-order valence-electron chi connectivity index (χ0n) is 8.52. The van der Waals surface area contributed by atoms with E-state index in [1.807, 2.05) is 6.07 Å². The van der Waals surface area contributed by atoms with Crippen LogP contribution in [0.15, 0.2) is 45.2 Å². The number of benzene rings is 1. The molecular formula is C11H11FN2OS. The molecule has 0 saturated heterocycles. The van der Waals surface area contributed by atoms with Crippen LogP contribution in [-0.4, -0.2) is 11.5 Å². The summed E-state index contributed by atoms with van der Waals surface area (Å²) in [5.41, 5.74) is 6.36. The number of aromatic nitrogens is 1. The summed E-state index contributed by atoms with van der Waals surface area (Å²) < 4.78 is 18.7. The van der Waals surface area contributed by atoms with Crippen molar-refractivity contribution in [3.05, 3.63) is 42.0 Å². The largest absolute Gasteiger partial charge is 0.440 e. The van der Waals surface area contributed by atoms with Crippen molar-refractivity contribution >= 4 is 11.8 Å². The van der Waals surface area contributed by atoms with Gasteiger partial charge >= 0.3 is 0 Å². The van der Waals surface area contributed by atoms with Crippen molar-refractivity contribution in [2.45, 2.75) is 16.5 Å². The fraction of sp³-hybridized carbons (Fsp3) is 0.182. The van der Waals surface area contributed by atoms with Crippen LogP contribution in [0.1, 0.15) is 5.56 Å². The maximum absolute atomic E-state index is 13.6. The predicted molar refractivity (Wildman–Crippen MR) is 59.8 cm³/mol. The number of nitrogens with two attached hydrogens (primary N) is 1. The Hall–Kier alpha value is -1.33. The lowest BCUT2D eigenvalue weighted by Crippen LogP contribution is -2.04. The first-order chi connectivity index (χ1) is 7.81. The normalized spacial score (nSPS) is 10.6. The van der Waals surface area contributed by atoms with Crippen LogP contribution in [0, 0.1) is 5.82 Å². The summed E-state index contributed by atoms with van der Waals surface area (Å²) in [6.07, 6.45) is 3.64. The molecule has 0 unspecified atom stereocenters. The Morgan fingerprint density at radius 2 is 2.31 bits per heavy atom. The Kier molecular flexibility index (Phi) is 3.58. The van der Waals surface area contributed by atoms with Crippen LogP contribution in [0.25, 0.3) is 0 Å². The first-order valence-electron chi connectivity index (χ1n) is 4.86. The molecule has 5 heteroatoms. The Balaban J connectivity index is 2.30. The topological polar surface area (TPSA) is 52.0 Å². The highest BCUT2D eigenvalue weighted by atomic mass is 32.2. The van der Waals surface area contributed by atoms with Crippen molar-refractivity contribution < 1.29 is 8.81 Å². The average Bonchev–Trinajstić information content (AvgIpc) is 2.76. The number of hydrogen-bond donors (Lipinski definition) is 1. The van der Waals surface area contributed by atoms with Gasteiger partial charge in [-0.15, -0.1) is 0 Å². The van der Waals surface area contributed by atoms with Crippen LogP contribution in [0.5, 0.6) is 0 Å². The molecule has 0 aliphatic rings. The molecule has 2 N–H and O–H groups in total. The summed E-state index contributed by atoms with van der Waals surface area (Å²) in [4.78, 5) is 4.49. The lowest BCUT2D eigenvalue weighted by atomic mass is 10.1. The number of halogens is 1. The monoisotopic (exact) mass is 238 g/mol. The van der Waals surface area contributed by atoms with Gasteiger partial charge in [0.05, 0.1) is 11.1 Å². The molecule has 2 aromatic rings. The van der Waals surface area contributed by atoms with E-state index in [1.165, 1.54) is 30.3 Å². The first kappa shape index (κ1) is 11.2. The predicted octanol–water partition coefficient (Wildman–Crippen LogP) is 2.47. The summed E-state index contributed by atoms with van der Waals surface area (Å²) >= 11 is 1.18. The van der Waals surface area contributed by atoms with Gasteiger partial charge < -0.3 is 10.2 Å². The van der Waals surface area contributed by atoms with Gasteiger partial charge in [-0.2, -0.15) is 0 Å². The van der Waals surface area contributed by atoms with Gasteiger partial charge in [-0.05, 0) is 36.4 Å². The van der Waals surface area contributed by atoms with E-state index in [0.29, 0.717) is 23.1 Å². The summed E-state index contributed by atoms with van der Waals surface area (Å²) in [6.45, 7) is 0.489. The molecule has 0 spiro atoms. The molecule has 1 heterocycles. The molecule has 0 fully saturated rings. The van der Waals surface area contributed by atoms with Crippen LogP contribution in [0.3, 0.4) is 0 Å². The third-order valence-electron chi connectivity index (χ3n) is 2.06. The van der Waals surface area contributed by atoms with Gasteiger partial charge in [0.2, 0.25) is 0 Å². The number of hydrogen-bond acceptors (Lipinski definition) is 4. The second-order valence-electron chi connectivity index (χ2n) is 3.17. The van der Waals surface area contributed by atoms with E-state index in [-0.39, 0.29) is 5.82 Å². The molecule has 1 aromatic heterocycles. The molecule has 0 aliphatic carbocycles. The minimum Gasteiger partial charge on any atom is -0.440 e. The van der Waals surface area contributed by atoms with Gasteiger partial charge in [-0.25, -0.2) is 9.37 Å². The van der Waals surface area contributed by atoms with E-state index in [2.05, 4.69) is 4.98 Å². The second-order valence-corrected chi connectivity index (χ2v) is 4.13. The van der Waals surface area contributed by atoms with Crippen molar-refractivity contribution in [3.63, 3.8) is 0 Å². The molecule has 0 radical (unpaired) electrons. The third-order valence-corrected chi connectivity index (χ3v) is 3.10. The third kappa shape index (κ3) is 2.43. The fourth-order valence-corrected chi connectivity index (χ4v) is 2.23. The van der Waals surface area contributed by atoms with Crippen LogP contribution >= 0.6 is 11.8 Å². The molecule has 0 amide bonds. The van der Waals surface area contributed by atoms with E-state index < -0.39 is 0 Å². The molecule has 84 valence electrons. The van der Waals surface area contributed by atoms with Crippen molar-refractivity contribution in [3.8, 4) is 0 Å². The van der Waals surface area contributed by atoms with Crippen LogP contribution in [0.4, 0.5) is 4.39 Å². The summed E-state index contributed by atoms with van der Waals surface area (Å²) in [6, 6.07) is 4.96. The molecule has 0 bridgehead atoms. The highest BCUT2D eigenvalue weighted by molar-refractivity contribution is 7.99. The Morgan fingerprint density at radius 3 is 3.00 bits per heavy atom. The van der Waals surface area contributed by atoms with Crippen molar-refractivity contribution in [1.82, 2.24) is 4.98 Å².